The third kappa shape index (κ3) is 2.45. The van der Waals surface area contributed by atoms with Crippen molar-refractivity contribution in [3.8, 4) is 21.1 Å². The van der Waals surface area contributed by atoms with Crippen molar-refractivity contribution in [2.75, 3.05) is 0 Å². The molecule has 0 unspecified atom stereocenters. The van der Waals surface area contributed by atoms with Crippen LogP contribution >= 0.6 is 54.5 Å². The van der Waals surface area contributed by atoms with Gasteiger partial charge < -0.3 is 0 Å². The van der Waals surface area contributed by atoms with E-state index in [1.54, 1.807) is 22.7 Å². The van der Waals surface area contributed by atoms with Crippen molar-refractivity contribution in [2.45, 2.75) is 0 Å². The summed E-state index contributed by atoms with van der Waals surface area (Å²) < 4.78 is 2.19. The molecular formula is C13H7Br2NS2. The molecule has 18 heavy (non-hydrogen) atoms. The quantitative estimate of drug-likeness (QED) is 0.509. The number of rotatable bonds is 2. The normalized spacial score (nSPS) is 10.8. The van der Waals surface area contributed by atoms with Crippen LogP contribution in [-0.2, 0) is 0 Å². The van der Waals surface area contributed by atoms with Crippen molar-refractivity contribution in [2.24, 2.45) is 0 Å². The van der Waals surface area contributed by atoms with Gasteiger partial charge >= 0.3 is 0 Å². The Morgan fingerprint density at radius 2 is 1.83 bits per heavy atom. The second-order valence-corrected chi connectivity index (χ2v) is 7.19. The minimum Gasteiger partial charge on any atom is -0.235 e. The number of hydrogen-bond acceptors (Lipinski definition) is 3. The molecule has 0 N–H and O–H groups in total. The highest BCUT2D eigenvalue weighted by molar-refractivity contribution is 9.10. The Morgan fingerprint density at radius 3 is 2.56 bits per heavy atom. The van der Waals surface area contributed by atoms with E-state index in [9.17, 15) is 0 Å². The molecule has 1 aromatic carbocycles. The van der Waals surface area contributed by atoms with Crippen LogP contribution in [0.15, 0.2) is 50.0 Å². The van der Waals surface area contributed by atoms with Crippen molar-refractivity contribution in [3.63, 3.8) is 0 Å². The average molecular weight is 401 g/mol. The Kier molecular flexibility index (Phi) is 3.66. The Hall–Kier alpha value is -0.490. The van der Waals surface area contributed by atoms with Gasteiger partial charge in [-0.1, -0.05) is 34.1 Å². The lowest BCUT2D eigenvalue weighted by molar-refractivity contribution is 1.41. The fourth-order valence-corrected chi connectivity index (χ4v) is 4.52. The van der Waals surface area contributed by atoms with E-state index in [1.807, 2.05) is 18.2 Å². The van der Waals surface area contributed by atoms with Gasteiger partial charge in [0.05, 0.1) is 10.6 Å². The summed E-state index contributed by atoms with van der Waals surface area (Å²) in [6, 6.07) is 10.3. The second kappa shape index (κ2) is 5.25. The summed E-state index contributed by atoms with van der Waals surface area (Å²) in [6.07, 6.45) is 0. The topological polar surface area (TPSA) is 12.9 Å². The van der Waals surface area contributed by atoms with Crippen LogP contribution < -0.4 is 0 Å². The van der Waals surface area contributed by atoms with Gasteiger partial charge in [-0.05, 0) is 28.1 Å². The van der Waals surface area contributed by atoms with E-state index in [-0.39, 0.29) is 0 Å². The van der Waals surface area contributed by atoms with Gasteiger partial charge in [-0.25, -0.2) is 4.98 Å². The molecule has 3 aromatic rings. The zero-order valence-corrected chi connectivity index (χ0v) is 13.9. The maximum Gasteiger partial charge on any atom is 0.125 e. The highest BCUT2D eigenvalue weighted by atomic mass is 79.9. The number of hydrogen-bond donors (Lipinski definition) is 0. The predicted octanol–water partition coefficient (Wildman–Crippen LogP) is 6.06. The van der Waals surface area contributed by atoms with Gasteiger partial charge in [0.15, 0.2) is 0 Å². The highest BCUT2D eigenvalue weighted by Crippen LogP contribution is 2.35. The lowest BCUT2D eigenvalue weighted by Gasteiger charge is -1.98. The maximum absolute atomic E-state index is 4.70. The van der Waals surface area contributed by atoms with Crippen LogP contribution in [0, 0.1) is 0 Å². The van der Waals surface area contributed by atoms with Crippen LogP contribution in [-0.4, -0.2) is 4.98 Å². The van der Waals surface area contributed by atoms with Crippen LogP contribution in [0.25, 0.3) is 21.1 Å². The zero-order chi connectivity index (χ0) is 12.5. The molecule has 0 saturated carbocycles. The molecular weight excluding hydrogens is 394 g/mol. The first-order chi connectivity index (χ1) is 8.74. The lowest BCUT2D eigenvalue weighted by Crippen LogP contribution is -1.78. The fourth-order valence-electron chi connectivity index (χ4n) is 1.59. The standard InChI is InChI=1S/C13H7Br2NS2/c14-8-5-12(17-6-8)11-7-18-13(16-11)9-3-1-2-4-10(9)15/h1-7H. The molecule has 0 aliphatic carbocycles. The van der Waals surface area contributed by atoms with Crippen molar-refractivity contribution in [3.05, 3.63) is 50.0 Å². The number of thiophene rings is 1. The van der Waals surface area contributed by atoms with E-state index in [0.717, 1.165) is 25.2 Å². The minimum absolute atomic E-state index is 1.04. The second-order valence-electron chi connectivity index (χ2n) is 3.65. The summed E-state index contributed by atoms with van der Waals surface area (Å²) in [5, 5.41) is 5.22. The van der Waals surface area contributed by atoms with Crippen LogP contribution in [0.4, 0.5) is 0 Å². The molecule has 0 aliphatic rings. The molecule has 0 amide bonds. The third-order valence-electron chi connectivity index (χ3n) is 2.43. The van der Waals surface area contributed by atoms with E-state index in [1.165, 1.54) is 4.88 Å². The van der Waals surface area contributed by atoms with Crippen molar-refractivity contribution in [1.29, 1.82) is 0 Å². The van der Waals surface area contributed by atoms with Crippen LogP contribution in [0.1, 0.15) is 0 Å². The van der Waals surface area contributed by atoms with E-state index < -0.39 is 0 Å². The van der Waals surface area contributed by atoms with E-state index in [4.69, 9.17) is 4.98 Å². The number of halogens is 2. The molecule has 0 spiro atoms. The minimum atomic E-state index is 1.04. The molecule has 3 rings (SSSR count). The monoisotopic (exact) mass is 399 g/mol. The number of thiazole rings is 1. The predicted molar refractivity (Wildman–Crippen MR) is 86.3 cm³/mol. The summed E-state index contributed by atoms with van der Waals surface area (Å²) in [7, 11) is 0. The fraction of sp³-hybridized carbons (Fsp3) is 0. The van der Waals surface area contributed by atoms with Crippen molar-refractivity contribution in [1.82, 2.24) is 4.98 Å². The van der Waals surface area contributed by atoms with Crippen molar-refractivity contribution < 1.29 is 0 Å². The first-order valence-corrected chi connectivity index (χ1v) is 8.53. The lowest BCUT2D eigenvalue weighted by atomic mass is 10.2. The highest BCUT2D eigenvalue weighted by Gasteiger charge is 2.10. The average Bonchev–Trinajstić information content (AvgIpc) is 2.98. The van der Waals surface area contributed by atoms with Gasteiger partial charge in [-0.2, -0.15) is 0 Å². The zero-order valence-electron chi connectivity index (χ0n) is 9.06. The molecule has 0 aliphatic heterocycles. The summed E-state index contributed by atoms with van der Waals surface area (Å²) in [4.78, 5) is 5.89. The molecule has 0 radical (unpaired) electrons. The molecule has 0 bridgehead atoms. The largest absolute Gasteiger partial charge is 0.235 e. The maximum atomic E-state index is 4.70. The van der Waals surface area contributed by atoms with Crippen LogP contribution in [0.5, 0.6) is 0 Å². The van der Waals surface area contributed by atoms with E-state index >= 15 is 0 Å². The Morgan fingerprint density at radius 1 is 1.00 bits per heavy atom. The van der Waals surface area contributed by atoms with Crippen LogP contribution in [0.2, 0.25) is 0 Å². The third-order valence-corrected chi connectivity index (χ3v) is 5.71. The Labute approximate surface area is 130 Å². The van der Waals surface area contributed by atoms with Gasteiger partial charge in [0.1, 0.15) is 5.01 Å². The molecule has 0 saturated heterocycles. The summed E-state index contributed by atoms with van der Waals surface area (Å²) in [5.74, 6) is 0. The van der Waals surface area contributed by atoms with Gasteiger partial charge in [-0.3, -0.25) is 0 Å². The summed E-state index contributed by atoms with van der Waals surface area (Å²) in [6.45, 7) is 0. The Balaban J connectivity index is 2.02. The van der Waals surface area contributed by atoms with Gasteiger partial charge in [0, 0.05) is 25.3 Å². The van der Waals surface area contributed by atoms with E-state index in [2.05, 4.69) is 54.8 Å². The molecule has 5 heteroatoms. The first-order valence-electron chi connectivity index (χ1n) is 5.19. The molecule has 1 nitrogen and oxygen atoms in total. The summed E-state index contributed by atoms with van der Waals surface area (Å²) in [5.41, 5.74) is 2.19. The number of nitrogens with zero attached hydrogens (tertiary/aromatic N) is 1. The van der Waals surface area contributed by atoms with Gasteiger partial charge in [0.25, 0.3) is 0 Å². The molecule has 0 atom stereocenters. The molecule has 0 fully saturated rings. The first kappa shape index (κ1) is 12.5. The molecule has 2 heterocycles. The molecule has 90 valence electrons. The summed E-state index contributed by atoms with van der Waals surface area (Å²) >= 11 is 10.4. The van der Waals surface area contributed by atoms with Gasteiger partial charge in [0.2, 0.25) is 0 Å². The number of benzene rings is 1. The smallest absolute Gasteiger partial charge is 0.125 e. The Bertz CT molecular complexity index is 688. The van der Waals surface area contributed by atoms with Gasteiger partial charge in [-0.15, -0.1) is 22.7 Å². The SMILES string of the molecule is Brc1csc(-c2csc(-c3ccccc3Br)n2)c1. The number of aromatic nitrogens is 1. The molecule has 2 aromatic heterocycles. The van der Waals surface area contributed by atoms with Crippen LogP contribution in [0.3, 0.4) is 0 Å². The van der Waals surface area contributed by atoms with E-state index in [0.29, 0.717) is 0 Å². The van der Waals surface area contributed by atoms with Crippen molar-refractivity contribution >= 4 is 54.5 Å².